The van der Waals surface area contributed by atoms with Crippen LogP contribution >= 0.6 is 0 Å². The maximum atomic E-state index is 11.5. The lowest BCUT2D eigenvalue weighted by molar-refractivity contribution is 0.598. The molecule has 0 aliphatic carbocycles. The summed E-state index contributed by atoms with van der Waals surface area (Å²) >= 11 is 0. The van der Waals surface area contributed by atoms with Crippen LogP contribution in [-0.4, -0.2) is 28.4 Å². The maximum absolute atomic E-state index is 11.5. The second-order valence-electron chi connectivity index (χ2n) is 7.14. The number of sulfonamides is 1. The molecule has 2 aromatic heterocycles. The van der Waals surface area contributed by atoms with E-state index in [2.05, 4.69) is 44.5 Å². The third-order valence-corrected chi connectivity index (χ3v) is 5.90. The molecule has 158 valence electrons. The van der Waals surface area contributed by atoms with Gasteiger partial charge in [0.05, 0.1) is 11.2 Å². The van der Waals surface area contributed by atoms with Gasteiger partial charge in [-0.15, -0.1) is 0 Å². The zero-order chi connectivity index (χ0) is 22.1. The van der Waals surface area contributed by atoms with E-state index in [1.807, 2.05) is 30.3 Å². The number of fused-ring (bicyclic) bond motifs is 1. The van der Waals surface area contributed by atoms with E-state index in [4.69, 9.17) is 10.1 Å². The summed E-state index contributed by atoms with van der Waals surface area (Å²) in [5.74, 6) is 0.341. The van der Waals surface area contributed by atoms with E-state index in [-0.39, 0.29) is 4.90 Å². The van der Waals surface area contributed by atoms with Gasteiger partial charge in [0.1, 0.15) is 11.2 Å². The maximum Gasteiger partial charge on any atom is 0.238 e. The summed E-state index contributed by atoms with van der Waals surface area (Å²) in [6, 6.07) is 24.3. The van der Waals surface area contributed by atoms with Crippen molar-refractivity contribution in [1.29, 1.82) is 0 Å². The van der Waals surface area contributed by atoms with Gasteiger partial charge in [0.15, 0.2) is 5.65 Å². The van der Waals surface area contributed by atoms with Gasteiger partial charge in [-0.2, -0.15) is 4.98 Å². The molecule has 0 saturated heterocycles. The molecule has 32 heavy (non-hydrogen) atoms. The first-order chi connectivity index (χ1) is 15.5. The van der Waals surface area contributed by atoms with Gasteiger partial charge < -0.3 is 10.3 Å². The molecule has 8 nitrogen and oxygen atoms in total. The number of primary sulfonamides is 1. The molecule has 0 aliphatic rings. The van der Waals surface area contributed by atoms with Gasteiger partial charge in [-0.3, -0.25) is 0 Å². The van der Waals surface area contributed by atoms with Crippen molar-refractivity contribution in [3.63, 3.8) is 0 Å². The van der Waals surface area contributed by atoms with Crippen LogP contribution in [-0.2, 0) is 10.0 Å². The molecule has 9 heteroatoms. The molecule has 0 bridgehead atoms. The third kappa shape index (κ3) is 3.94. The molecule has 0 unspecified atom stereocenters. The number of rotatable bonds is 5. The fourth-order valence-corrected chi connectivity index (χ4v) is 3.95. The number of nitrogens with zero attached hydrogens (tertiary/aromatic N) is 3. The largest absolute Gasteiger partial charge is 0.341 e. The Balaban J connectivity index is 1.55. The number of benzene rings is 3. The molecule has 0 fully saturated rings. The summed E-state index contributed by atoms with van der Waals surface area (Å²) in [7, 11) is -3.76. The molecule has 4 N–H and O–H groups in total. The number of nitrogens with two attached hydrogens (primary N) is 1. The average Bonchev–Trinajstić information content (AvgIpc) is 3.28. The van der Waals surface area contributed by atoms with E-state index in [9.17, 15) is 8.42 Å². The van der Waals surface area contributed by atoms with Gasteiger partial charge >= 0.3 is 0 Å². The van der Waals surface area contributed by atoms with Crippen molar-refractivity contribution in [2.75, 3.05) is 5.32 Å². The Hall–Kier alpha value is -4.08. The van der Waals surface area contributed by atoms with Crippen LogP contribution in [0.25, 0.3) is 33.5 Å². The highest BCUT2D eigenvalue weighted by Gasteiger charge is 2.14. The first-order valence-electron chi connectivity index (χ1n) is 9.74. The molecule has 0 spiro atoms. The number of hydrogen-bond donors (Lipinski definition) is 3. The number of imidazole rings is 1. The molecule has 5 rings (SSSR count). The van der Waals surface area contributed by atoms with Crippen LogP contribution in [0, 0.1) is 0 Å². The fraction of sp³-hybridized carbons (Fsp3) is 0. The lowest BCUT2D eigenvalue weighted by Gasteiger charge is -2.10. The van der Waals surface area contributed by atoms with Crippen molar-refractivity contribution < 1.29 is 8.42 Å². The average molecular weight is 443 g/mol. The zero-order valence-corrected chi connectivity index (χ0v) is 17.5. The zero-order valence-electron chi connectivity index (χ0n) is 16.7. The summed E-state index contributed by atoms with van der Waals surface area (Å²) in [6.45, 7) is 0. The van der Waals surface area contributed by atoms with Gasteiger partial charge in [-0.05, 0) is 41.5 Å². The number of aromatic nitrogens is 4. The molecular formula is C23H18N6O2S. The van der Waals surface area contributed by atoms with Gasteiger partial charge in [-0.25, -0.2) is 23.5 Å². The van der Waals surface area contributed by atoms with Crippen molar-refractivity contribution in [2.24, 2.45) is 5.14 Å². The Bertz CT molecular complexity index is 1510. The molecule has 0 radical (unpaired) electrons. The highest BCUT2D eigenvalue weighted by molar-refractivity contribution is 7.89. The van der Waals surface area contributed by atoms with Crippen LogP contribution in [0.4, 0.5) is 11.6 Å². The Morgan fingerprint density at radius 3 is 2.28 bits per heavy atom. The van der Waals surface area contributed by atoms with Crippen LogP contribution < -0.4 is 10.5 Å². The smallest absolute Gasteiger partial charge is 0.238 e. The van der Waals surface area contributed by atoms with E-state index in [0.717, 1.165) is 22.2 Å². The van der Waals surface area contributed by atoms with E-state index in [0.29, 0.717) is 23.0 Å². The Morgan fingerprint density at radius 2 is 1.53 bits per heavy atom. The lowest BCUT2D eigenvalue weighted by Crippen LogP contribution is -2.11. The van der Waals surface area contributed by atoms with Crippen molar-refractivity contribution in [3.8, 4) is 22.4 Å². The van der Waals surface area contributed by atoms with E-state index in [1.54, 1.807) is 18.5 Å². The minimum absolute atomic E-state index is 0.0325. The van der Waals surface area contributed by atoms with Crippen molar-refractivity contribution >= 4 is 32.8 Å². The SMILES string of the molecule is NS(=O)(=O)c1ccc(Nc2nc(-c3cccc(-c4ccccc4)c3)c3[nH]cnc3n2)cc1. The van der Waals surface area contributed by atoms with Crippen LogP contribution in [0.1, 0.15) is 0 Å². The summed E-state index contributed by atoms with van der Waals surface area (Å²) in [4.78, 5) is 16.6. The van der Waals surface area contributed by atoms with Gasteiger partial charge in [-0.1, -0.05) is 48.5 Å². The predicted molar refractivity (Wildman–Crippen MR) is 124 cm³/mol. The van der Waals surface area contributed by atoms with Crippen LogP contribution in [0.3, 0.4) is 0 Å². The molecule has 0 atom stereocenters. The minimum atomic E-state index is -3.76. The summed E-state index contributed by atoms with van der Waals surface area (Å²) in [5, 5.41) is 8.27. The highest BCUT2D eigenvalue weighted by atomic mass is 32.2. The summed E-state index contributed by atoms with van der Waals surface area (Å²) in [6.07, 6.45) is 1.58. The van der Waals surface area contributed by atoms with Crippen LogP contribution in [0.15, 0.2) is 90.1 Å². The van der Waals surface area contributed by atoms with E-state index >= 15 is 0 Å². The standard InChI is InChI=1S/C23H18N6O2S/c24-32(30,31)19-11-9-18(10-12-19)27-23-28-20(21-22(29-23)26-14-25-21)17-8-4-7-16(13-17)15-5-2-1-3-6-15/h1-14H,(H2,24,30,31)(H2,25,26,27,28,29). The van der Waals surface area contributed by atoms with E-state index in [1.165, 1.54) is 12.1 Å². The molecule has 0 saturated carbocycles. The van der Waals surface area contributed by atoms with Gasteiger partial charge in [0.25, 0.3) is 0 Å². The number of hydrogen-bond acceptors (Lipinski definition) is 6. The van der Waals surface area contributed by atoms with Crippen molar-refractivity contribution in [1.82, 2.24) is 19.9 Å². The van der Waals surface area contributed by atoms with Gasteiger partial charge in [0, 0.05) is 11.3 Å². The van der Waals surface area contributed by atoms with E-state index < -0.39 is 10.0 Å². The topological polar surface area (TPSA) is 127 Å². The Labute approximate surface area is 184 Å². The lowest BCUT2D eigenvalue weighted by atomic mass is 10.0. The molecule has 0 amide bonds. The summed E-state index contributed by atoms with van der Waals surface area (Å²) in [5.41, 5.74) is 5.66. The quantitative estimate of drug-likeness (QED) is 0.376. The second-order valence-corrected chi connectivity index (χ2v) is 8.70. The number of aromatic amines is 1. The molecule has 2 heterocycles. The van der Waals surface area contributed by atoms with Crippen molar-refractivity contribution in [2.45, 2.75) is 4.90 Å². The highest BCUT2D eigenvalue weighted by Crippen LogP contribution is 2.30. The number of anilines is 2. The molecular weight excluding hydrogens is 424 g/mol. The third-order valence-electron chi connectivity index (χ3n) is 4.97. The molecule has 5 aromatic rings. The monoisotopic (exact) mass is 442 g/mol. The minimum Gasteiger partial charge on any atom is -0.341 e. The molecule has 3 aromatic carbocycles. The first-order valence-corrected chi connectivity index (χ1v) is 11.3. The number of nitrogens with one attached hydrogen (secondary N) is 2. The summed E-state index contributed by atoms with van der Waals surface area (Å²) < 4.78 is 22.9. The van der Waals surface area contributed by atoms with Crippen LogP contribution in [0.5, 0.6) is 0 Å². The second kappa shape index (κ2) is 7.88. The van der Waals surface area contributed by atoms with Crippen molar-refractivity contribution in [3.05, 3.63) is 85.2 Å². The predicted octanol–water partition coefficient (Wildman–Crippen LogP) is 4.08. The van der Waals surface area contributed by atoms with Crippen LogP contribution in [0.2, 0.25) is 0 Å². The Morgan fingerprint density at radius 1 is 0.812 bits per heavy atom. The first kappa shape index (κ1) is 19.9. The van der Waals surface area contributed by atoms with Gasteiger partial charge in [0.2, 0.25) is 16.0 Å². The number of H-pyrrole nitrogens is 1. The fourth-order valence-electron chi connectivity index (χ4n) is 3.43. The normalized spacial score (nSPS) is 11.5. The molecule has 0 aliphatic heterocycles. The Kier molecular flexibility index (Phi) is 4.89.